The van der Waals surface area contributed by atoms with Gasteiger partial charge in [-0.25, -0.2) is 22.5 Å². The topological polar surface area (TPSA) is 137 Å². The van der Waals surface area contributed by atoms with E-state index in [4.69, 9.17) is 34.5 Å². The molecule has 0 amide bonds. The summed E-state index contributed by atoms with van der Waals surface area (Å²) >= 11 is 0. The zero-order valence-electron chi connectivity index (χ0n) is 37.2. The number of benzene rings is 3. The normalized spacial score (nSPS) is 22.3. The molecular weight excluding hydrogens is 873 g/mol. The van der Waals surface area contributed by atoms with E-state index in [-0.39, 0.29) is 76.1 Å². The van der Waals surface area contributed by atoms with Crippen LogP contribution in [-0.4, -0.2) is 96.1 Å². The van der Waals surface area contributed by atoms with Crippen molar-refractivity contribution in [1.82, 2.24) is 25.2 Å². The largest absolute Gasteiger partial charge is 0.587 e. The number of nitrogens with one attached hydrogen (secondary N) is 1. The Morgan fingerprint density at radius 3 is 2.59 bits per heavy atom. The van der Waals surface area contributed by atoms with Crippen LogP contribution in [-0.2, 0) is 13.8 Å². The molecule has 6 heterocycles. The first-order chi connectivity index (χ1) is 32.0. The summed E-state index contributed by atoms with van der Waals surface area (Å²) < 4.78 is 92.2. The number of para-hydroxylation sites is 1. The summed E-state index contributed by atoms with van der Waals surface area (Å²) in [4.78, 5) is 31.1. The number of phosphoric ester groups is 1. The molecule has 3 unspecified atom stereocenters. The molecule has 0 radical (unpaired) electrons. The van der Waals surface area contributed by atoms with Crippen LogP contribution in [0.2, 0.25) is 0 Å². The van der Waals surface area contributed by atoms with E-state index in [1.807, 2.05) is 0 Å². The van der Waals surface area contributed by atoms with E-state index in [2.05, 4.69) is 37.9 Å². The van der Waals surface area contributed by atoms with E-state index >= 15 is 8.78 Å². The Hall–Kier alpha value is -5.46. The van der Waals surface area contributed by atoms with Gasteiger partial charge in [-0.1, -0.05) is 63.1 Å². The molecule has 9 rings (SSSR count). The van der Waals surface area contributed by atoms with Gasteiger partial charge in [-0.2, -0.15) is 9.97 Å². The Kier molecular flexibility index (Phi) is 13.4. The van der Waals surface area contributed by atoms with Crippen molar-refractivity contribution in [2.45, 2.75) is 101 Å². The molecule has 5 atom stereocenters. The molecule has 13 nitrogen and oxygen atoms in total. The first-order valence-electron chi connectivity index (χ1n) is 22.9. The Morgan fingerprint density at radius 1 is 1.02 bits per heavy atom. The Balaban J connectivity index is 1.13. The fourth-order valence-corrected chi connectivity index (χ4v) is 11.4. The standard InChI is InChI=1S/C49H54F3N6O7P/c1-4-6-7-8-9-12-22-63-66(60,65-41-15-11-10-14-37(41)47(59)61-3)64-35-23-31-16-19-40(51)36(5-2)42(31)38(24-35)44-43(52)45-39(26-53-44)46(57-28-33-17-18-34(29-57)54-33)56-48(55-45)62-30-49-20-13-21-58(49)27-32(50)25-49/h2,10-11,14-16,19,23-24,26,32-34,54H,4,6-9,12-13,17-18,20-22,25,27-30H2,1,3H3/t32-,33?,34?,49+,66?/m1/s1. The van der Waals surface area contributed by atoms with Crippen LogP contribution < -0.4 is 24.0 Å². The SMILES string of the molecule is C#Cc1c(F)ccc2cc(OP(=O)(OCCCCCCCC)Oc3ccccc3C(=O)OC)cc(-c3ncc4c(N5CC6CCC(C5)N6)nc(OC[C@@]56CCCN5C[C@H](F)C6)nc4c3F)c12. The summed E-state index contributed by atoms with van der Waals surface area (Å²) in [6.07, 6.45) is 15.9. The molecule has 5 aromatic rings. The second-order valence-corrected chi connectivity index (χ2v) is 19.3. The molecule has 0 spiro atoms. The van der Waals surface area contributed by atoms with Gasteiger partial charge in [-0.05, 0) is 74.4 Å². The zero-order chi connectivity index (χ0) is 46.0. The predicted molar refractivity (Wildman–Crippen MR) is 245 cm³/mol. The number of carbonyl (C=O) groups excluding carboxylic acids is 1. The number of esters is 1. The summed E-state index contributed by atoms with van der Waals surface area (Å²) in [6.45, 7) is 4.60. The summed E-state index contributed by atoms with van der Waals surface area (Å²) in [5.41, 5.74) is -1.03. The van der Waals surface area contributed by atoms with Crippen LogP contribution in [0.25, 0.3) is 32.9 Å². The van der Waals surface area contributed by atoms with Crippen LogP contribution in [0.1, 0.15) is 93.5 Å². The number of pyridine rings is 1. The van der Waals surface area contributed by atoms with Crippen LogP contribution in [0.4, 0.5) is 19.0 Å². The number of ether oxygens (including phenoxy) is 2. The van der Waals surface area contributed by atoms with Gasteiger partial charge in [0.05, 0.1) is 30.2 Å². The van der Waals surface area contributed by atoms with Crippen molar-refractivity contribution in [2.24, 2.45) is 0 Å². The summed E-state index contributed by atoms with van der Waals surface area (Å²) in [6, 6.07) is 11.9. The van der Waals surface area contributed by atoms with E-state index in [0.29, 0.717) is 49.1 Å². The Morgan fingerprint density at radius 2 is 1.80 bits per heavy atom. The lowest BCUT2D eigenvalue weighted by Crippen LogP contribution is -2.51. The highest BCUT2D eigenvalue weighted by molar-refractivity contribution is 7.49. The molecule has 4 saturated heterocycles. The van der Waals surface area contributed by atoms with E-state index in [0.717, 1.165) is 64.3 Å². The molecule has 4 fully saturated rings. The molecule has 4 aliphatic rings. The highest BCUT2D eigenvalue weighted by atomic mass is 31.2. The average Bonchev–Trinajstić information content (AvgIpc) is 3.97. The molecule has 0 saturated carbocycles. The summed E-state index contributed by atoms with van der Waals surface area (Å²) in [5, 5.41) is 4.40. The molecule has 17 heteroatoms. The molecule has 0 aliphatic carbocycles. The highest BCUT2D eigenvalue weighted by Crippen LogP contribution is 2.52. The summed E-state index contributed by atoms with van der Waals surface area (Å²) in [7, 11) is -3.43. The third-order valence-corrected chi connectivity index (χ3v) is 14.7. The number of terminal acetylenes is 1. The maximum Gasteiger partial charge on any atom is 0.587 e. The highest BCUT2D eigenvalue weighted by Gasteiger charge is 2.49. The molecule has 3 aromatic carbocycles. The lowest BCUT2D eigenvalue weighted by atomic mass is 9.95. The van der Waals surface area contributed by atoms with Gasteiger partial charge in [-0.15, -0.1) is 6.42 Å². The van der Waals surface area contributed by atoms with Crippen LogP contribution in [0.5, 0.6) is 17.5 Å². The van der Waals surface area contributed by atoms with Gasteiger partial charge < -0.3 is 28.7 Å². The van der Waals surface area contributed by atoms with Gasteiger partial charge in [0.1, 0.15) is 52.7 Å². The lowest BCUT2D eigenvalue weighted by molar-refractivity contribution is 0.0598. The van der Waals surface area contributed by atoms with Gasteiger partial charge in [-0.3, -0.25) is 14.4 Å². The summed E-state index contributed by atoms with van der Waals surface area (Å²) in [5.74, 6) is 0.308. The first kappa shape index (κ1) is 45.7. The molecule has 2 aromatic heterocycles. The van der Waals surface area contributed by atoms with Crippen molar-refractivity contribution in [3.05, 3.63) is 77.5 Å². The van der Waals surface area contributed by atoms with E-state index in [1.165, 1.54) is 49.7 Å². The van der Waals surface area contributed by atoms with E-state index in [1.54, 1.807) is 12.1 Å². The maximum absolute atomic E-state index is 17.7. The second-order valence-electron chi connectivity index (χ2n) is 17.8. The van der Waals surface area contributed by atoms with Crippen LogP contribution in [0.15, 0.2) is 54.7 Å². The molecule has 66 heavy (non-hydrogen) atoms. The smallest absolute Gasteiger partial charge is 0.465 e. The number of piperazine rings is 1. The van der Waals surface area contributed by atoms with Gasteiger partial charge >= 0.3 is 19.8 Å². The number of unbranched alkanes of at least 4 members (excludes halogenated alkanes) is 5. The minimum absolute atomic E-state index is 0.00787. The lowest BCUT2D eigenvalue weighted by Gasteiger charge is -2.34. The third kappa shape index (κ3) is 9.28. The number of nitrogens with zero attached hydrogens (tertiary/aromatic N) is 5. The Labute approximate surface area is 382 Å². The van der Waals surface area contributed by atoms with Crippen LogP contribution in [0.3, 0.4) is 0 Å². The number of hydrogen-bond acceptors (Lipinski definition) is 13. The number of carbonyl (C=O) groups is 1. The van der Waals surface area contributed by atoms with Gasteiger partial charge in [0.25, 0.3) is 0 Å². The van der Waals surface area contributed by atoms with Crippen molar-refractivity contribution >= 4 is 41.3 Å². The van der Waals surface area contributed by atoms with Crippen molar-refractivity contribution in [2.75, 3.05) is 51.4 Å². The van der Waals surface area contributed by atoms with Crippen molar-refractivity contribution < 1.29 is 45.6 Å². The minimum atomic E-state index is -4.64. The first-order valence-corrected chi connectivity index (χ1v) is 24.4. The number of methoxy groups -OCH3 is 1. The van der Waals surface area contributed by atoms with Gasteiger partial charge in [0.15, 0.2) is 5.82 Å². The molecule has 2 bridgehead atoms. The number of fused-ring (bicyclic) bond motifs is 5. The van der Waals surface area contributed by atoms with Crippen molar-refractivity contribution in [3.63, 3.8) is 0 Å². The van der Waals surface area contributed by atoms with Crippen LogP contribution >= 0.6 is 7.82 Å². The zero-order valence-corrected chi connectivity index (χ0v) is 38.1. The molecule has 348 valence electrons. The fourth-order valence-electron chi connectivity index (χ4n) is 10.1. The third-order valence-electron chi connectivity index (χ3n) is 13.3. The van der Waals surface area contributed by atoms with E-state index in [9.17, 15) is 13.8 Å². The number of aromatic nitrogens is 3. The van der Waals surface area contributed by atoms with Gasteiger partial charge in [0, 0.05) is 55.3 Å². The monoisotopic (exact) mass is 926 g/mol. The number of phosphoric acid groups is 1. The van der Waals surface area contributed by atoms with Crippen LogP contribution in [0, 0.1) is 24.0 Å². The Bertz CT molecular complexity index is 2710. The van der Waals surface area contributed by atoms with Crippen molar-refractivity contribution in [3.8, 4) is 41.1 Å². The molecule has 1 N–H and O–H groups in total. The van der Waals surface area contributed by atoms with Crippen molar-refractivity contribution in [1.29, 1.82) is 0 Å². The quantitative estimate of drug-likeness (QED) is 0.0387. The maximum atomic E-state index is 17.7. The predicted octanol–water partition coefficient (Wildman–Crippen LogP) is 9.73. The number of rotatable bonds is 18. The minimum Gasteiger partial charge on any atom is -0.465 e. The van der Waals surface area contributed by atoms with E-state index < -0.39 is 37.1 Å². The second kappa shape index (κ2) is 19.4. The van der Waals surface area contributed by atoms with Gasteiger partial charge in [0.2, 0.25) is 0 Å². The number of hydrogen-bond donors (Lipinski definition) is 1. The fraction of sp³-hybridized carbons (Fsp3) is 0.469. The number of halogens is 3. The number of alkyl halides is 1. The average molecular weight is 927 g/mol. The molecular formula is C49H54F3N6O7P. The molecule has 4 aliphatic heterocycles. The number of anilines is 1.